The van der Waals surface area contributed by atoms with Crippen molar-refractivity contribution in [2.75, 3.05) is 39.3 Å². The standard InChI is InChI=1S/C24H28N4O5/c29-17-5-4-12-27-13-15-28(16-14-27)24(21(30)25-23(32)26-22(24)31)18-8-10-20(11-9-18)33-19-6-2-1-3-7-19/h1-3,6-11,29H,4-5,12-17H2,(H2,25,26,30,31,32). The third-order valence-electron chi connectivity index (χ3n) is 6.09. The van der Waals surface area contributed by atoms with E-state index >= 15 is 0 Å². The number of unbranched alkanes of at least 4 members (excludes halogenated alkanes) is 1. The molecule has 0 aliphatic carbocycles. The number of nitrogens with one attached hydrogen (secondary N) is 2. The van der Waals surface area contributed by atoms with Crippen LogP contribution < -0.4 is 15.4 Å². The SMILES string of the molecule is O=C1NC(=O)C(c2ccc(Oc3ccccc3)cc2)(N2CCN(CCCCO)CC2)C(=O)N1. The molecule has 4 amide bonds. The Morgan fingerprint density at radius 1 is 0.818 bits per heavy atom. The summed E-state index contributed by atoms with van der Waals surface area (Å²) in [6, 6.07) is 15.3. The molecule has 174 valence electrons. The minimum Gasteiger partial charge on any atom is -0.457 e. The Labute approximate surface area is 192 Å². The van der Waals surface area contributed by atoms with E-state index in [1.165, 1.54) is 0 Å². The van der Waals surface area contributed by atoms with E-state index in [-0.39, 0.29) is 6.61 Å². The fourth-order valence-corrected chi connectivity index (χ4v) is 4.40. The molecule has 33 heavy (non-hydrogen) atoms. The molecule has 0 unspecified atom stereocenters. The number of benzene rings is 2. The molecule has 2 saturated heterocycles. The molecule has 9 nitrogen and oxygen atoms in total. The second kappa shape index (κ2) is 10.1. The molecule has 0 bridgehead atoms. The highest BCUT2D eigenvalue weighted by Gasteiger charge is 2.56. The number of amides is 4. The maximum atomic E-state index is 13.2. The molecule has 0 aromatic heterocycles. The number of carbonyl (C=O) groups is 3. The molecule has 2 aromatic rings. The van der Waals surface area contributed by atoms with Crippen molar-refractivity contribution >= 4 is 17.8 Å². The van der Waals surface area contributed by atoms with Crippen molar-refractivity contribution in [2.24, 2.45) is 0 Å². The number of nitrogens with zero attached hydrogens (tertiary/aromatic N) is 2. The van der Waals surface area contributed by atoms with Crippen LogP contribution >= 0.6 is 0 Å². The molecule has 4 rings (SSSR count). The molecule has 0 spiro atoms. The van der Waals surface area contributed by atoms with Gasteiger partial charge in [-0.25, -0.2) is 4.79 Å². The highest BCUT2D eigenvalue weighted by atomic mass is 16.5. The van der Waals surface area contributed by atoms with Gasteiger partial charge in [-0.3, -0.25) is 25.1 Å². The number of aliphatic hydroxyl groups is 1. The van der Waals surface area contributed by atoms with Crippen LogP contribution in [0.2, 0.25) is 0 Å². The van der Waals surface area contributed by atoms with Crippen LogP contribution in [-0.2, 0) is 15.1 Å². The Morgan fingerprint density at radius 2 is 1.42 bits per heavy atom. The predicted octanol–water partition coefficient (Wildman–Crippen LogP) is 1.43. The lowest BCUT2D eigenvalue weighted by Gasteiger charge is -2.46. The zero-order valence-electron chi connectivity index (χ0n) is 18.3. The highest BCUT2D eigenvalue weighted by Crippen LogP contribution is 2.34. The summed E-state index contributed by atoms with van der Waals surface area (Å²) in [7, 11) is 0. The summed E-state index contributed by atoms with van der Waals surface area (Å²) >= 11 is 0. The van der Waals surface area contributed by atoms with Gasteiger partial charge in [-0.15, -0.1) is 0 Å². The van der Waals surface area contributed by atoms with E-state index < -0.39 is 23.4 Å². The highest BCUT2D eigenvalue weighted by molar-refractivity contribution is 6.22. The zero-order valence-corrected chi connectivity index (χ0v) is 18.3. The molecule has 0 radical (unpaired) electrons. The van der Waals surface area contributed by atoms with Crippen molar-refractivity contribution in [3.8, 4) is 11.5 Å². The number of hydrogen-bond donors (Lipinski definition) is 3. The normalized spacial score (nSPS) is 19.1. The van der Waals surface area contributed by atoms with E-state index in [1.54, 1.807) is 24.3 Å². The Bertz CT molecular complexity index is 968. The lowest BCUT2D eigenvalue weighted by Crippen LogP contribution is -2.72. The Hall–Kier alpha value is -3.27. The van der Waals surface area contributed by atoms with Crippen molar-refractivity contribution < 1.29 is 24.2 Å². The van der Waals surface area contributed by atoms with Gasteiger partial charge < -0.3 is 14.7 Å². The third-order valence-corrected chi connectivity index (χ3v) is 6.09. The predicted molar refractivity (Wildman–Crippen MR) is 121 cm³/mol. The largest absolute Gasteiger partial charge is 0.457 e. The molecule has 9 heteroatoms. The minimum atomic E-state index is -1.64. The Kier molecular flexibility index (Phi) is 7.02. The molecule has 2 heterocycles. The lowest BCUT2D eigenvalue weighted by atomic mass is 9.84. The van der Waals surface area contributed by atoms with Crippen LogP contribution in [-0.4, -0.2) is 72.1 Å². The average Bonchev–Trinajstić information content (AvgIpc) is 2.81. The van der Waals surface area contributed by atoms with E-state index in [4.69, 9.17) is 9.84 Å². The molecule has 3 N–H and O–H groups in total. The summed E-state index contributed by atoms with van der Waals surface area (Å²) in [6.45, 7) is 3.34. The summed E-state index contributed by atoms with van der Waals surface area (Å²) in [5, 5.41) is 13.6. The number of piperazine rings is 1. The minimum absolute atomic E-state index is 0.168. The van der Waals surface area contributed by atoms with Crippen LogP contribution in [0.15, 0.2) is 54.6 Å². The van der Waals surface area contributed by atoms with Crippen molar-refractivity contribution in [3.63, 3.8) is 0 Å². The quantitative estimate of drug-likeness (QED) is 0.410. The number of aliphatic hydroxyl groups excluding tert-OH is 1. The number of urea groups is 1. The summed E-state index contributed by atoms with van der Waals surface area (Å²) in [6.07, 6.45) is 1.63. The van der Waals surface area contributed by atoms with Crippen LogP contribution in [0, 0.1) is 0 Å². The molecular weight excluding hydrogens is 424 g/mol. The maximum Gasteiger partial charge on any atom is 0.328 e. The molecule has 2 aromatic carbocycles. The summed E-state index contributed by atoms with van der Waals surface area (Å²) in [5.74, 6) is -0.0547. The molecule has 2 fully saturated rings. The summed E-state index contributed by atoms with van der Waals surface area (Å²) < 4.78 is 5.84. The van der Waals surface area contributed by atoms with Crippen molar-refractivity contribution in [1.29, 1.82) is 0 Å². The van der Waals surface area contributed by atoms with Crippen LogP contribution in [0.5, 0.6) is 11.5 Å². The number of barbiturate groups is 1. The molecule has 2 aliphatic rings. The van der Waals surface area contributed by atoms with E-state index in [2.05, 4.69) is 15.5 Å². The van der Waals surface area contributed by atoms with E-state index in [1.807, 2.05) is 35.2 Å². The maximum absolute atomic E-state index is 13.2. The summed E-state index contributed by atoms with van der Waals surface area (Å²) in [4.78, 5) is 42.3. The van der Waals surface area contributed by atoms with Gasteiger partial charge in [-0.05, 0) is 49.2 Å². The molecule has 2 aliphatic heterocycles. The Morgan fingerprint density at radius 3 is 2.03 bits per heavy atom. The van der Waals surface area contributed by atoms with Gasteiger partial charge in [-0.2, -0.15) is 0 Å². The molecular formula is C24H28N4O5. The molecule has 0 atom stereocenters. The van der Waals surface area contributed by atoms with E-state index in [0.717, 1.165) is 19.4 Å². The second-order valence-corrected chi connectivity index (χ2v) is 8.15. The van der Waals surface area contributed by atoms with Gasteiger partial charge in [0.05, 0.1) is 0 Å². The van der Waals surface area contributed by atoms with Gasteiger partial charge in [0.25, 0.3) is 11.8 Å². The topological polar surface area (TPSA) is 111 Å². The first-order chi connectivity index (χ1) is 16.0. The van der Waals surface area contributed by atoms with Crippen molar-refractivity contribution in [2.45, 2.75) is 18.4 Å². The number of ether oxygens (including phenoxy) is 1. The van der Waals surface area contributed by atoms with Crippen molar-refractivity contribution in [3.05, 3.63) is 60.2 Å². The first-order valence-electron chi connectivity index (χ1n) is 11.1. The monoisotopic (exact) mass is 452 g/mol. The lowest BCUT2D eigenvalue weighted by molar-refractivity contribution is -0.150. The first-order valence-corrected chi connectivity index (χ1v) is 11.1. The van der Waals surface area contributed by atoms with Gasteiger partial charge in [0.1, 0.15) is 11.5 Å². The zero-order chi connectivity index (χ0) is 23.3. The van der Waals surface area contributed by atoms with Gasteiger partial charge in [-0.1, -0.05) is 30.3 Å². The van der Waals surface area contributed by atoms with Crippen molar-refractivity contribution in [1.82, 2.24) is 20.4 Å². The van der Waals surface area contributed by atoms with Gasteiger partial charge in [0.2, 0.25) is 5.54 Å². The number of carbonyl (C=O) groups excluding carboxylic acids is 3. The van der Waals surface area contributed by atoms with Crippen LogP contribution in [0.4, 0.5) is 4.79 Å². The van der Waals surface area contributed by atoms with Crippen LogP contribution in [0.3, 0.4) is 0 Å². The van der Waals surface area contributed by atoms with Gasteiger partial charge in [0.15, 0.2) is 0 Å². The Balaban J connectivity index is 1.58. The summed E-state index contributed by atoms with van der Waals surface area (Å²) in [5.41, 5.74) is -1.17. The smallest absolute Gasteiger partial charge is 0.328 e. The molecule has 0 saturated carbocycles. The fourth-order valence-electron chi connectivity index (χ4n) is 4.40. The average molecular weight is 453 g/mol. The number of para-hydroxylation sites is 1. The van der Waals surface area contributed by atoms with Crippen LogP contribution in [0.1, 0.15) is 18.4 Å². The fraction of sp³-hybridized carbons (Fsp3) is 0.375. The van der Waals surface area contributed by atoms with Gasteiger partial charge >= 0.3 is 6.03 Å². The number of hydrogen-bond acceptors (Lipinski definition) is 7. The number of rotatable bonds is 8. The third kappa shape index (κ3) is 4.75. The van der Waals surface area contributed by atoms with E-state index in [0.29, 0.717) is 43.2 Å². The first kappa shape index (κ1) is 22.9. The second-order valence-electron chi connectivity index (χ2n) is 8.15. The van der Waals surface area contributed by atoms with Gasteiger partial charge in [0, 0.05) is 32.8 Å². The van der Waals surface area contributed by atoms with Crippen LogP contribution in [0.25, 0.3) is 0 Å². The van der Waals surface area contributed by atoms with E-state index in [9.17, 15) is 14.4 Å². The number of imide groups is 2.